The second kappa shape index (κ2) is 3.62. The lowest BCUT2D eigenvalue weighted by Crippen LogP contribution is -1.86. The fourth-order valence-electron chi connectivity index (χ4n) is 0.585. The molecule has 1 unspecified atom stereocenters. The summed E-state index contributed by atoms with van der Waals surface area (Å²) in [7, 11) is -1.19. The van der Waals surface area contributed by atoms with Crippen LogP contribution in [0.4, 0.5) is 0 Å². The molecule has 0 bridgehead atoms. The Morgan fingerprint density at radius 3 is 2.40 bits per heavy atom. The number of para-hydroxylation sites is 1. The Labute approximate surface area is 65.6 Å². The Kier molecular flexibility index (Phi) is 2.75. The minimum absolute atomic E-state index is 0.742. The summed E-state index contributed by atoms with van der Waals surface area (Å²) < 4.78 is 5.07. The van der Waals surface area contributed by atoms with E-state index in [1.807, 2.05) is 30.3 Å². The van der Waals surface area contributed by atoms with Gasteiger partial charge in [-0.1, -0.05) is 18.2 Å². The van der Waals surface area contributed by atoms with Gasteiger partial charge >= 0.3 is 7.07 Å². The van der Waals surface area contributed by atoms with E-state index < -0.39 is 7.07 Å². The summed E-state index contributed by atoms with van der Waals surface area (Å²) in [5.41, 5.74) is 5.28. The van der Waals surface area contributed by atoms with Crippen molar-refractivity contribution in [3.63, 3.8) is 0 Å². The average molecular weight is 172 g/mol. The van der Waals surface area contributed by atoms with Crippen LogP contribution in [-0.2, 0) is 11.8 Å². The first-order valence-corrected chi connectivity index (χ1v) is 5.08. The van der Waals surface area contributed by atoms with E-state index in [9.17, 15) is 0 Å². The van der Waals surface area contributed by atoms with Gasteiger partial charge < -0.3 is 0 Å². The molecule has 1 aromatic carbocycles. The summed E-state index contributed by atoms with van der Waals surface area (Å²) in [5, 5.41) is 0. The number of hydrogen-bond donors (Lipinski definition) is 1. The molecule has 0 fully saturated rings. The maximum atomic E-state index is 5.28. The SMILES string of the molecule is N[P+](=S)Oc1ccccc1. The summed E-state index contributed by atoms with van der Waals surface area (Å²) in [6, 6.07) is 9.32. The number of benzene rings is 1. The monoisotopic (exact) mass is 172 g/mol. The standard InChI is InChI=1S/C6H7NOPS/c7-9(10)8-6-4-2-1-3-5-6/h1-5H,(H2,7,10)/q+1. The van der Waals surface area contributed by atoms with Crippen LogP contribution < -0.4 is 10.0 Å². The average Bonchev–Trinajstić information content (AvgIpc) is 1.88. The molecule has 0 heterocycles. The van der Waals surface area contributed by atoms with Crippen molar-refractivity contribution in [2.75, 3.05) is 0 Å². The third kappa shape index (κ3) is 2.40. The summed E-state index contributed by atoms with van der Waals surface area (Å²) >= 11 is 4.68. The topological polar surface area (TPSA) is 35.2 Å². The van der Waals surface area contributed by atoms with Gasteiger partial charge in [0.1, 0.15) is 0 Å². The number of rotatable bonds is 2. The predicted molar refractivity (Wildman–Crippen MR) is 45.5 cm³/mol. The van der Waals surface area contributed by atoms with E-state index in [2.05, 4.69) is 11.8 Å². The lowest BCUT2D eigenvalue weighted by Gasteiger charge is -1.88. The first-order chi connectivity index (χ1) is 4.79. The zero-order chi connectivity index (χ0) is 7.40. The molecule has 0 aromatic heterocycles. The van der Waals surface area contributed by atoms with Crippen molar-refractivity contribution in [3.05, 3.63) is 30.3 Å². The van der Waals surface area contributed by atoms with Crippen molar-refractivity contribution < 1.29 is 4.52 Å². The molecule has 0 saturated carbocycles. The van der Waals surface area contributed by atoms with Crippen molar-refractivity contribution >= 4 is 18.9 Å². The smallest absolute Gasteiger partial charge is 0.260 e. The Balaban J connectivity index is 2.67. The molecule has 10 heavy (non-hydrogen) atoms. The Bertz CT molecular complexity index is 226. The summed E-state index contributed by atoms with van der Waals surface area (Å²) in [5.74, 6) is 0.742. The van der Waals surface area contributed by atoms with Crippen LogP contribution in [-0.4, -0.2) is 0 Å². The van der Waals surface area contributed by atoms with E-state index in [1.54, 1.807) is 0 Å². The molecule has 0 amide bonds. The van der Waals surface area contributed by atoms with E-state index in [1.165, 1.54) is 0 Å². The molecule has 0 spiro atoms. The van der Waals surface area contributed by atoms with Crippen LogP contribution in [0.1, 0.15) is 0 Å². The van der Waals surface area contributed by atoms with Gasteiger partial charge in [0.05, 0.1) is 0 Å². The van der Waals surface area contributed by atoms with Gasteiger partial charge in [0.25, 0.3) is 0 Å². The van der Waals surface area contributed by atoms with Gasteiger partial charge in [0, 0.05) is 0 Å². The molecule has 0 aliphatic carbocycles. The lowest BCUT2D eigenvalue weighted by molar-refractivity contribution is 0.630. The maximum absolute atomic E-state index is 5.28. The molecule has 2 N–H and O–H groups in total. The molecule has 1 rings (SSSR count). The van der Waals surface area contributed by atoms with Crippen molar-refractivity contribution in [3.8, 4) is 5.75 Å². The molecule has 0 aliphatic heterocycles. The van der Waals surface area contributed by atoms with Crippen LogP contribution in [0.2, 0.25) is 0 Å². The highest BCUT2D eigenvalue weighted by molar-refractivity contribution is 8.02. The van der Waals surface area contributed by atoms with Crippen LogP contribution in [0.5, 0.6) is 5.75 Å². The van der Waals surface area contributed by atoms with Crippen LogP contribution in [0, 0.1) is 0 Å². The van der Waals surface area contributed by atoms with Crippen LogP contribution in [0.15, 0.2) is 30.3 Å². The van der Waals surface area contributed by atoms with Gasteiger partial charge in [-0.25, -0.2) is 0 Å². The third-order valence-electron chi connectivity index (χ3n) is 0.939. The second-order valence-electron chi connectivity index (χ2n) is 1.69. The molecule has 0 saturated heterocycles. The Hall–Kier alpha value is -0.500. The number of hydrogen-bond acceptors (Lipinski definition) is 2. The summed E-state index contributed by atoms with van der Waals surface area (Å²) in [6.45, 7) is 0. The maximum Gasteiger partial charge on any atom is 0.486 e. The van der Waals surface area contributed by atoms with Gasteiger partial charge in [-0.15, -0.1) is 5.50 Å². The van der Waals surface area contributed by atoms with E-state index >= 15 is 0 Å². The summed E-state index contributed by atoms with van der Waals surface area (Å²) in [4.78, 5) is 0. The van der Waals surface area contributed by atoms with E-state index in [0.29, 0.717) is 0 Å². The zero-order valence-electron chi connectivity index (χ0n) is 5.23. The van der Waals surface area contributed by atoms with E-state index in [4.69, 9.17) is 10.0 Å². The molecular formula is C6H7NOPS+. The van der Waals surface area contributed by atoms with Crippen molar-refractivity contribution in [2.45, 2.75) is 0 Å². The van der Waals surface area contributed by atoms with Gasteiger partial charge in [-0.2, -0.15) is 0 Å². The lowest BCUT2D eigenvalue weighted by atomic mass is 10.3. The number of nitrogens with two attached hydrogens (primary N) is 1. The molecule has 1 atom stereocenters. The first-order valence-electron chi connectivity index (χ1n) is 2.74. The first kappa shape index (κ1) is 7.61. The Morgan fingerprint density at radius 2 is 1.90 bits per heavy atom. The van der Waals surface area contributed by atoms with E-state index in [-0.39, 0.29) is 0 Å². The van der Waals surface area contributed by atoms with Gasteiger partial charge in [0.2, 0.25) is 11.8 Å². The van der Waals surface area contributed by atoms with Crippen molar-refractivity contribution in [1.29, 1.82) is 0 Å². The largest absolute Gasteiger partial charge is 0.486 e. The van der Waals surface area contributed by atoms with Gasteiger partial charge in [-0.05, 0) is 12.1 Å². The molecule has 1 aromatic rings. The quantitative estimate of drug-likeness (QED) is 0.691. The van der Waals surface area contributed by atoms with Gasteiger partial charge in [-0.3, -0.25) is 4.52 Å². The molecule has 52 valence electrons. The van der Waals surface area contributed by atoms with E-state index in [0.717, 1.165) is 5.75 Å². The Morgan fingerprint density at radius 1 is 1.30 bits per heavy atom. The third-order valence-corrected chi connectivity index (χ3v) is 1.55. The van der Waals surface area contributed by atoms with Gasteiger partial charge in [0.15, 0.2) is 5.75 Å². The summed E-state index contributed by atoms with van der Waals surface area (Å²) in [6.07, 6.45) is 0. The van der Waals surface area contributed by atoms with Crippen LogP contribution in [0.3, 0.4) is 0 Å². The van der Waals surface area contributed by atoms with Crippen molar-refractivity contribution in [1.82, 2.24) is 0 Å². The molecule has 4 heteroatoms. The fourth-order valence-corrected chi connectivity index (χ4v) is 1.17. The minimum atomic E-state index is -1.19. The highest BCUT2D eigenvalue weighted by Gasteiger charge is 2.03. The molecular weight excluding hydrogens is 165 g/mol. The zero-order valence-corrected chi connectivity index (χ0v) is 6.94. The van der Waals surface area contributed by atoms with Crippen LogP contribution >= 0.6 is 7.07 Å². The highest BCUT2D eigenvalue weighted by atomic mass is 32.4. The molecule has 0 radical (unpaired) electrons. The van der Waals surface area contributed by atoms with Crippen LogP contribution in [0.25, 0.3) is 0 Å². The normalized spacial score (nSPS) is 10.7. The minimum Gasteiger partial charge on any atom is -0.260 e. The highest BCUT2D eigenvalue weighted by Crippen LogP contribution is 2.18. The predicted octanol–water partition coefficient (Wildman–Crippen LogP) is 1.80. The fraction of sp³-hybridized carbons (Fsp3) is 0. The molecule has 2 nitrogen and oxygen atoms in total. The second-order valence-corrected chi connectivity index (χ2v) is 3.52. The van der Waals surface area contributed by atoms with Crippen molar-refractivity contribution in [2.24, 2.45) is 5.50 Å². The molecule has 0 aliphatic rings.